The molecule has 0 saturated carbocycles. The zero-order valence-electron chi connectivity index (χ0n) is 13.4. The molecule has 0 bridgehead atoms. The normalized spacial score (nSPS) is 11.0. The third kappa shape index (κ3) is 4.57. The average Bonchev–Trinajstić information content (AvgIpc) is 3.10. The number of benzene rings is 2. The first-order valence-electron chi connectivity index (χ1n) is 7.90. The first-order valence-corrected chi connectivity index (χ1v) is 7.90. The molecule has 0 saturated heterocycles. The summed E-state index contributed by atoms with van der Waals surface area (Å²) in [4.78, 5) is 0. The predicted molar refractivity (Wildman–Crippen MR) is 94.4 cm³/mol. The first-order chi connectivity index (χ1) is 11.8. The SMILES string of the molecule is OCc1ccc(C=NN(Cc2ccccc2)Cc2ccccc2)o1. The molecule has 1 heterocycles. The van der Waals surface area contributed by atoms with E-state index in [1.165, 1.54) is 11.1 Å². The lowest BCUT2D eigenvalue weighted by Crippen LogP contribution is -2.16. The van der Waals surface area contributed by atoms with E-state index in [0.29, 0.717) is 24.6 Å². The second-order valence-corrected chi connectivity index (χ2v) is 5.50. The van der Waals surface area contributed by atoms with Crippen LogP contribution in [0.1, 0.15) is 22.6 Å². The van der Waals surface area contributed by atoms with Crippen LogP contribution in [0.25, 0.3) is 0 Å². The number of hydrogen-bond donors (Lipinski definition) is 1. The molecule has 0 fully saturated rings. The maximum atomic E-state index is 9.07. The van der Waals surface area contributed by atoms with Gasteiger partial charge in [0.25, 0.3) is 0 Å². The summed E-state index contributed by atoms with van der Waals surface area (Å²) >= 11 is 0. The van der Waals surface area contributed by atoms with Crippen LogP contribution in [0.2, 0.25) is 0 Å². The van der Waals surface area contributed by atoms with Crippen molar-refractivity contribution in [3.8, 4) is 0 Å². The Bertz CT molecular complexity index is 725. The minimum Gasteiger partial charge on any atom is -0.458 e. The number of nitrogens with zero attached hydrogens (tertiary/aromatic N) is 2. The van der Waals surface area contributed by atoms with Crippen LogP contribution >= 0.6 is 0 Å². The predicted octanol–water partition coefficient (Wildman–Crippen LogP) is 3.81. The van der Waals surface area contributed by atoms with E-state index < -0.39 is 0 Å². The zero-order valence-corrected chi connectivity index (χ0v) is 13.4. The van der Waals surface area contributed by atoms with Crippen LogP contribution in [0, 0.1) is 0 Å². The third-order valence-corrected chi connectivity index (χ3v) is 3.60. The Hall–Kier alpha value is -2.85. The molecule has 0 aliphatic carbocycles. The molecule has 2 aromatic carbocycles. The highest BCUT2D eigenvalue weighted by molar-refractivity contribution is 5.75. The largest absolute Gasteiger partial charge is 0.458 e. The number of aliphatic hydroxyl groups is 1. The fraction of sp³-hybridized carbons (Fsp3) is 0.150. The monoisotopic (exact) mass is 320 g/mol. The van der Waals surface area contributed by atoms with Gasteiger partial charge in [0.15, 0.2) is 0 Å². The van der Waals surface area contributed by atoms with Gasteiger partial charge < -0.3 is 9.52 Å². The van der Waals surface area contributed by atoms with Crippen molar-refractivity contribution >= 4 is 6.21 Å². The van der Waals surface area contributed by atoms with Crippen LogP contribution in [0.4, 0.5) is 0 Å². The molecule has 4 heteroatoms. The standard InChI is InChI=1S/C20H20N2O2/c23-16-20-12-11-19(24-20)13-21-22(14-17-7-3-1-4-8-17)15-18-9-5-2-6-10-18/h1-13,23H,14-16H2. The van der Waals surface area contributed by atoms with E-state index in [9.17, 15) is 0 Å². The highest BCUT2D eigenvalue weighted by Crippen LogP contribution is 2.11. The molecule has 3 rings (SSSR count). The van der Waals surface area contributed by atoms with Crippen LogP contribution in [0.3, 0.4) is 0 Å². The summed E-state index contributed by atoms with van der Waals surface area (Å²) in [6, 6.07) is 24.0. The van der Waals surface area contributed by atoms with Gasteiger partial charge in [-0.3, -0.25) is 5.01 Å². The fourth-order valence-corrected chi connectivity index (χ4v) is 2.41. The Labute approximate surface area is 141 Å². The van der Waals surface area contributed by atoms with Crippen LogP contribution < -0.4 is 0 Å². The average molecular weight is 320 g/mol. The number of furan rings is 1. The van der Waals surface area contributed by atoms with Crippen LogP contribution in [0.15, 0.2) is 82.3 Å². The van der Waals surface area contributed by atoms with Crippen molar-refractivity contribution in [2.24, 2.45) is 5.10 Å². The molecule has 0 aliphatic heterocycles. The van der Waals surface area contributed by atoms with Crippen molar-refractivity contribution in [1.82, 2.24) is 5.01 Å². The number of hydrogen-bond acceptors (Lipinski definition) is 4. The summed E-state index contributed by atoms with van der Waals surface area (Å²) in [5.74, 6) is 1.17. The molecule has 0 atom stereocenters. The molecule has 0 unspecified atom stereocenters. The Kier molecular flexibility index (Phi) is 5.43. The smallest absolute Gasteiger partial charge is 0.147 e. The molecular weight excluding hydrogens is 300 g/mol. The van der Waals surface area contributed by atoms with Gasteiger partial charge in [-0.1, -0.05) is 60.7 Å². The van der Waals surface area contributed by atoms with Gasteiger partial charge in [-0.15, -0.1) is 0 Å². The summed E-state index contributed by atoms with van der Waals surface area (Å²) in [7, 11) is 0. The van der Waals surface area contributed by atoms with Crippen molar-refractivity contribution < 1.29 is 9.52 Å². The Morgan fingerprint density at radius 1 is 0.833 bits per heavy atom. The molecule has 3 aromatic rings. The van der Waals surface area contributed by atoms with Gasteiger partial charge in [-0.2, -0.15) is 5.10 Å². The number of aliphatic hydroxyl groups excluding tert-OH is 1. The summed E-state index contributed by atoms with van der Waals surface area (Å²) in [6.07, 6.45) is 1.69. The van der Waals surface area contributed by atoms with Crippen molar-refractivity contribution in [2.45, 2.75) is 19.7 Å². The lowest BCUT2D eigenvalue weighted by Gasteiger charge is -2.19. The lowest BCUT2D eigenvalue weighted by atomic mass is 10.2. The third-order valence-electron chi connectivity index (χ3n) is 3.60. The van der Waals surface area contributed by atoms with Gasteiger partial charge in [0, 0.05) is 0 Å². The van der Waals surface area contributed by atoms with Crippen molar-refractivity contribution in [1.29, 1.82) is 0 Å². The minimum atomic E-state index is -0.106. The molecule has 24 heavy (non-hydrogen) atoms. The molecule has 0 aliphatic rings. The van der Waals surface area contributed by atoms with E-state index in [2.05, 4.69) is 29.4 Å². The van der Waals surface area contributed by atoms with E-state index in [1.807, 2.05) is 41.4 Å². The van der Waals surface area contributed by atoms with Gasteiger partial charge in [-0.05, 0) is 23.3 Å². The summed E-state index contributed by atoms with van der Waals surface area (Å²) in [5.41, 5.74) is 2.39. The van der Waals surface area contributed by atoms with Crippen molar-refractivity contribution in [2.75, 3.05) is 0 Å². The van der Waals surface area contributed by atoms with Gasteiger partial charge in [-0.25, -0.2) is 0 Å². The second kappa shape index (κ2) is 8.13. The first kappa shape index (κ1) is 16.0. The summed E-state index contributed by atoms with van der Waals surface area (Å²) in [6.45, 7) is 1.31. The Morgan fingerprint density at radius 3 is 1.92 bits per heavy atom. The molecule has 1 N–H and O–H groups in total. The number of rotatable bonds is 7. The molecule has 0 spiro atoms. The Balaban J connectivity index is 1.75. The lowest BCUT2D eigenvalue weighted by molar-refractivity contribution is 0.246. The topological polar surface area (TPSA) is 49.0 Å². The summed E-state index contributed by atoms with van der Waals surface area (Å²) in [5, 5.41) is 15.6. The number of hydrazone groups is 1. The maximum absolute atomic E-state index is 9.07. The van der Waals surface area contributed by atoms with Gasteiger partial charge in [0.1, 0.15) is 18.1 Å². The second-order valence-electron chi connectivity index (χ2n) is 5.50. The molecule has 4 nitrogen and oxygen atoms in total. The fourth-order valence-electron chi connectivity index (χ4n) is 2.41. The molecule has 0 amide bonds. The van der Waals surface area contributed by atoms with Crippen molar-refractivity contribution in [3.05, 3.63) is 95.4 Å². The van der Waals surface area contributed by atoms with Crippen molar-refractivity contribution in [3.63, 3.8) is 0 Å². The highest BCUT2D eigenvalue weighted by atomic mass is 16.4. The van der Waals surface area contributed by atoms with E-state index in [0.717, 1.165) is 0 Å². The van der Waals surface area contributed by atoms with E-state index in [1.54, 1.807) is 18.3 Å². The minimum absolute atomic E-state index is 0.106. The highest BCUT2D eigenvalue weighted by Gasteiger charge is 2.05. The van der Waals surface area contributed by atoms with Gasteiger partial charge in [0.05, 0.1) is 19.3 Å². The van der Waals surface area contributed by atoms with Gasteiger partial charge >= 0.3 is 0 Å². The van der Waals surface area contributed by atoms with E-state index >= 15 is 0 Å². The Morgan fingerprint density at radius 2 is 1.42 bits per heavy atom. The molecule has 122 valence electrons. The van der Waals surface area contributed by atoms with Crippen LogP contribution in [0.5, 0.6) is 0 Å². The van der Waals surface area contributed by atoms with E-state index in [4.69, 9.17) is 9.52 Å². The molecule has 0 radical (unpaired) electrons. The van der Waals surface area contributed by atoms with E-state index in [-0.39, 0.29) is 6.61 Å². The summed E-state index contributed by atoms with van der Waals surface area (Å²) < 4.78 is 5.46. The zero-order chi connectivity index (χ0) is 16.6. The quantitative estimate of drug-likeness (QED) is 0.532. The van der Waals surface area contributed by atoms with Crippen LogP contribution in [-0.4, -0.2) is 16.3 Å². The van der Waals surface area contributed by atoms with Gasteiger partial charge in [0.2, 0.25) is 0 Å². The maximum Gasteiger partial charge on any atom is 0.147 e. The molecule has 1 aromatic heterocycles. The molecular formula is C20H20N2O2. The van der Waals surface area contributed by atoms with Crippen LogP contribution in [-0.2, 0) is 19.7 Å².